The van der Waals surface area contributed by atoms with Crippen LogP contribution in [0.5, 0.6) is 0 Å². The molecule has 1 N–H and O–H groups in total. The maximum absolute atomic E-state index is 13.4. The molecule has 4 atom stereocenters. The van der Waals surface area contributed by atoms with E-state index in [1.54, 1.807) is 11.1 Å². The Bertz CT molecular complexity index is 653. The van der Waals surface area contributed by atoms with E-state index in [1.165, 1.54) is 51.4 Å². The van der Waals surface area contributed by atoms with Crippen LogP contribution in [0.25, 0.3) is 0 Å². The van der Waals surface area contributed by atoms with E-state index in [2.05, 4.69) is 45.2 Å². The van der Waals surface area contributed by atoms with Gasteiger partial charge in [0.15, 0.2) is 0 Å². The van der Waals surface area contributed by atoms with E-state index in [0.29, 0.717) is 29.7 Å². The number of amides is 1. The number of allylic oxidation sites excluding steroid dienone is 4. The highest BCUT2D eigenvalue weighted by atomic mass is 16.2. The lowest BCUT2D eigenvalue weighted by Gasteiger charge is -2.57. The van der Waals surface area contributed by atoms with Gasteiger partial charge in [-0.25, -0.2) is 0 Å². The molecule has 0 saturated heterocycles. The second kappa shape index (κ2) is 7.08. The van der Waals surface area contributed by atoms with Crippen molar-refractivity contribution in [3.8, 4) is 0 Å². The summed E-state index contributed by atoms with van der Waals surface area (Å²) in [5.74, 6) is 2.16. The summed E-state index contributed by atoms with van der Waals surface area (Å²) in [4.78, 5) is 13.4. The number of nitrogens with one attached hydrogen (secondary N) is 1. The summed E-state index contributed by atoms with van der Waals surface area (Å²) in [7, 11) is 0. The Kier molecular flexibility index (Phi) is 5.06. The van der Waals surface area contributed by atoms with Crippen molar-refractivity contribution in [1.82, 2.24) is 5.32 Å². The second-order valence-corrected chi connectivity index (χ2v) is 10.7. The fraction of sp³-hybridized carbons (Fsp3) is 0.800. The van der Waals surface area contributed by atoms with Crippen LogP contribution in [0.15, 0.2) is 23.3 Å². The summed E-state index contributed by atoms with van der Waals surface area (Å²) in [6.45, 7) is 9.45. The molecule has 0 heterocycles. The van der Waals surface area contributed by atoms with Crippen LogP contribution in [0.4, 0.5) is 0 Å². The van der Waals surface area contributed by atoms with Crippen LogP contribution in [0, 0.1) is 28.6 Å². The zero-order valence-electron chi connectivity index (χ0n) is 17.9. The molecule has 2 heteroatoms. The summed E-state index contributed by atoms with van der Waals surface area (Å²) in [5.41, 5.74) is 3.30. The normalized spacial score (nSPS) is 39.4. The van der Waals surface area contributed by atoms with E-state index < -0.39 is 0 Å². The molecule has 1 amide bonds. The topological polar surface area (TPSA) is 29.1 Å². The van der Waals surface area contributed by atoms with Crippen LogP contribution >= 0.6 is 0 Å². The quantitative estimate of drug-likeness (QED) is 0.632. The highest BCUT2D eigenvalue weighted by Gasteiger charge is 2.57. The summed E-state index contributed by atoms with van der Waals surface area (Å²) in [5, 5.41) is 3.46. The molecular formula is C25H39NO. The van der Waals surface area contributed by atoms with Crippen molar-refractivity contribution >= 4 is 5.91 Å². The van der Waals surface area contributed by atoms with E-state index in [-0.39, 0.29) is 10.8 Å². The number of hydrogen-bond donors (Lipinski definition) is 1. The highest BCUT2D eigenvalue weighted by Crippen LogP contribution is 2.62. The number of fused-ring (bicyclic) bond motifs is 3. The predicted molar refractivity (Wildman–Crippen MR) is 112 cm³/mol. The summed E-state index contributed by atoms with van der Waals surface area (Å²) >= 11 is 0. The Morgan fingerprint density at radius 3 is 2.56 bits per heavy atom. The molecule has 4 rings (SSSR count). The van der Waals surface area contributed by atoms with E-state index in [9.17, 15) is 4.79 Å². The van der Waals surface area contributed by atoms with Gasteiger partial charge in [-0.2, -0.15) is 0 Å². The molecule has 150 valence electrons. The zero-order valence-corrected chi connectivity index (χ0v) is 17.9. The molecule has 2 saturated carbocycles. The largest absolute Gasteiger partial charge is 0.353 e. The maximum atomic E-state index is 13.4. The van der Waals surface area contributed by atoms with E-state index in [0.717, 1.165) is 12.8 Å². The molecule has 0 aromatic heterocycles. The average Bonchev–Trinajstić information content (AvgIpc) is 3.14. The Morgan fingerprint density at radius 1 is 1.11 bits per heavy atom. The molecule has 27 heavy (non-hydrogen) atoms. The highest BCUT2D eigenvalue weighted by molar-refractivity contribution is 5.83. The van der Waals surface area contributed by atoms with Gasteiger partial charge in [0.25, 0.3) is 0 Å². The Hall–Kier alpha value is -1.05. The van der Waals surface area contributed by atoms with Gasteiger partial charge in [0, 0.05) is 6.04 Å². The van der Waals surface area contributed by atoms with Crippen LogP contribution in [0.2, 0.25) is 0 Å². The lowest BCUT2D eigenvalue weighted by atomic mass is 9.46. The first-order chi connectivity index (χ1) is 12.8. The third-order valence-corrected chi connectivity index (χ3v) is 8.79. The molecule has 2 nitrogen and oxygen atoms in total. The third kappa shape index (κ3) is 3.21. The lowest BCUT2D eigenvalue weighted by molar-refractivity contribution is -0.145. The van der Waals surface area contributed by atoms with Crippen molar-refractivity contribution in [3.05, 3.63) is 23.3 Å². The van der Waals surface area contributed by atoms with E-state index in [4.69, 9.17) is 0 Å². The summed E-state index contributed by atoms with van der Waals surface area (Å²) < 4.78 is 0. The maximum Gasteiger partial charge on any atom is 0.226 e. The van der Waals surface area contributed by atoms with Gasteiger partial charge >= 0.3 is 0 Å². The van der Waals surface area contributed by atoms with Gasteiger partial charge in [-0.3, -0.25) is 4.79 Å². The van der Waals surface area contributed by atoms with Crippen molar-refractivity contribution in [2.24, 2.45) is 28.6 Å². The molecule has 0 bridgehead atoms. The van der Waals surface area contributed by atoms with Crippen molar-refractivity contribution in [2.45, 2.75) is 97.9 Å². The summed E-state index contributed by atoms with van der Waals surface area (Å²) in [6.07, 6.45) is 17.1. The molecule has 0 aliphatic heterocycles. The lowest BCUT2D eigenvalue weighted by Crippen LogP contribution is -2.56. The fourth-order valence-electron chi connectivity index (χ4n) is 7.04. The number of hydrogen-bond acceptors (Lipinski definition) is 1. The van der Waals surface area contributed by atoms with Gasteiger partial charge in [-0.1, -0.05) is 64.7 Å². The standard InChI is InChI=1S/C25H39NO/c1-17(2)18-10-12-21-19(16-18)11-13-22-24(21,3)14-7-15-25(22,4)23(27)26-20-8-5-6-9-20/h11,16-17,20-22H,5-10,12-15H2,1-4H3,(H,26,27)/t21-,22?,24+,25+/m0/s1. The fourth-order valence-corrected chi connectivity index (χ4v) is 7.04. The van der Waals surface area contributed by atoms with Crippen molar-refractivity contribution in [3.63, 3.8) is 0 Å². The van der Waals surface area contributed by atoms with Gasteiger partial charge < -0.3 is 5.32 Å². The molecule has 4 aliphatic carbocycles. The van der Waals surface area contributed by atoms with Crippen molar-refractivity contribution in [2.75, 3.05) is 0 Å². The molecule has 0 spiro atoms. The van der Waals surface area contributed by atoms with Crippen LogP contribution in [-0.2, 0) is 4.79 Å². The molecule has 0 aromatic rings. The molecule has 2 fully saturated rings. The molecule has 1 unspecified atom stereocenters. The van der Waals surface area contributed by atoms with Crippen LogP contribution in [0.1, 0.15) is 91.9 Å². The average molecular weight is 370 g/mol. The van der Waals surface area contributed by atoms with Crippen LogP contribution in [0.3, 0.4) is 0 Å². The van der Waals surface area contributed by atoms with E-state index in [1.807, 2.05) is 0 Å². The minimum absolute atomic E-state index is 0.195. The van der Waals surface area contributed by atoms with Gasteiger partial charge in [-0.05, 0) is 73.7 Å². The van der Waals surface area contributed by atoms with Crippen LogP contribution < -0.4 is 5.32 Å². The molecule has 4 aliphatic rings. The third-order valence-electron chi connectivity index (χ3n) is 8.79. The smallest absolute Gasteiger partial charge is 0.226 e. The van der Waals surface area contributed by atoms with Gasteiger partial charge in [-0.15, -0.1) is 0 Å². The Morgan fingerprint density at radius 2 is 1.85 bits per heavy atom. The minimum Gasteiger partial charge on any atom is -0.353 e. The van der Waals surface area contributed by atoms with Gasteiger partial charge in [0.1, 0.15) is 0 Å². The number of carbonyl (C=O) groups is 1. The van der Waals surface area contributed by atoms with Gasteiger partial charge in [0.2, 0.25) is 5.91 Å². The van der Waals surface area contributed by atoms with Gasteiger partial charge in [0.05, 0.1) is 5.41 Å². The Labute approximate surface area is 166 Å². The zero-order chi connectivity index (χ0) is 19.2. The predicted octanol–water partition coefficient (Wildman–Crippen LogP) is 6.18. The monoisotopic (exact) mass is 369 g/mol. The van der Waals surface area contributed by atoms with E-state index >= 15 is 0 Å². The first kappa shape index (κ1) is 19.3. The number of rotatable bonds is 3. The van der Waals surface area contributed by atoms with Crippen molar-refractivity contribution < 1.29 is 4.79 Å². The second-order valence-electron chi connectivity index (χ2n) is 10.7. The summed E-state index contributed by atoms with van der Waals surface area (Å²) in [6, 6.07) is 0.434. The Balaban J connectivity index is 1.61. The minimum atomic E-state index is -0.195. The first-order valence-electron chi connectivity index (χ1n) is 11.6. The first-order valence-corrected chi connectivity index (χ1v) is 11.6. The van der Waals surface area contributed by atoms with Crippen molar-refractivity contribution in [1.29, 1.82) is 0 Å². The van der Waals surface area contributed by atoms with Crippen LogP contribution in [-0.4, -0.2) is 11.9 Å². The molecular weight excluding hydrogens is 330 g/mol. The number of carbonyl (C=O) groups excluding carboxylic acids is 1. The molecule has 0 aromatic carbocycles. The molecule has 0 radical (unpaired) electrons. The SMILES string of the molecule is CC(C)C1=CC2=CCC3[C@](C)(C(=O)NC4CCCC4)CCC[C@]3(C)[C@H]2CC1.